The van der Waals surface area contributed by atoms with Crippen molar-refractivity contribution < 1.29 is 28.5 Å². The Morgan fingerprint density at radius 1 is 1.15 bits per heavy atom. The molecule has 27 heavy (non-hydrogen) atoms. The van der Waals surface area contributed by atoms with Gasteiger partial charge in [0.1, 0.15) is 0 Å². The van der Waals surface area contributed by atoms with E-state index >= 15 is 0 Å². The van der Waals surface area contributed by atoms with Gasteiger partial charge in [0, 0.05) is 26.1 Å². The van der Waals surface area contributed by atoms with E-state index in [0.717, 1.165) is 0 Å². The largest absolute Gasteiger partial charge is 0.493 e. The highest BCUT2D eigenvalue weighted by Crippen LogP contribution is 2.39. The first kappa shape index (κ1) is 20.7. The molecule has 1 aromatic carbocycles. The summed E-state index contributed by atoms with van der Waals surface area (Å²) in [6.45, 7) is 6.48. The van der Waals surface area contributed by atoms with Gasteiger partial charge >= 0.3 is 5.97 Å². The van der Waals surface area contributed by atoms with E-state index in [-0.39, 0.29) is 23.9 Å². The van der Waals surface area contributed by atoms with Crippen LogP contribution >= 0.6 is 0 Å². The van der Waals surface area contributed by atoms with Crippen LogP contribution in [-0.2, 0) is 14.3 Å². The second-order valence-electron chi connectivity index (χ2n) is 6.32. The number of nitrogens with one attached hydrogen (secondary N) is 1. The number of benzene rings is 1. The molecule has 0 aromatic heterocycles. The number of morpholine rings is 1. The van der Waals surface area contributed by atoms with Crippen LogP contribution in [0.4, 0.5) is 0 Å². The Kier molecular flexibility index (Phi) is 7.20. The molecule has 0 aliphatic carbocycles. The van der Waals surface area contributed by atoms with Crippen LogP contribution in [0.5, 0.6) is 17.2 Å². The molecule has 2 rings (SSSR count). The van der Waals surface area contributed by atoms with E-state index in [2.05, 4.69) is 5.43 Å². The molecule has 148 valence electrons. The molecule has 2 atom stereocenters. The number of rotatable bonds is 6. The van der Waals surface area contributed by atoms with Crippen molar-refractivity contribution in [2.75, 3.05) is 27.3 Å². The Morgan fingerprint density at radius 2 is 1.70 bits per heavy atom. The molecular weight excluding hydrogens is 352 g/mol. The van der Waals surface area contributed by atoms with Crippen molar-refractivity contribution in [3.8, 4) is 17.2 Å². The van der Waals surface area contributed by atoms with Gasteiger partial charge in [-0.25, -0.2) is 5.01 Å². The molecule has 8 heteroatoms. The Hall–Kier alpha value is -2.58. The van der Waals surface area contributed by atoms with Gasteiger partial charge in [0.25, 0.3) is 5.91 Å². The predicted molar refractivity (Wildman–Crippen MR) is 99.6 cm³/mol. The van der Waals surface area contributed by atoms with Gasteiger partial charge < -0.3 is 18.9 Å². The van der Waals surface area contributed by atoms with E-state index in [9.17, 15) is 9.59 Å². The molecule has 1 amide bonds. The van der Waals surface area contributed by atoms with Crippen LogP contribution in [-0.4, -0.2) is 56.4 Å². The van der Waals surface area contributed by atoms with Gasteiger partial charge in [0.15, 0.2) is 11.5 Å². The molecule has 0 radical (unpaired) electrons. The number of methoxy groups -OCH3 is 2. The number of carbonyl (C=O) groups excluding carboxylic acids is 2. The summed E-state index contributed by atoms with van der Waals surface area (Å²) >= 11 is 0. The number of hydrogen-bond acceptors (Lipinski definition) is 7. The zero-order valence-corrected chi connectivity index (χ0v) is 16.3. The second kappa shape index (κ2) is 9.38. The quantitative estimate of drug-likeness (QED) is 0.459. The Bertz CT molecular complexity index is 683. The molecule has 1 aromatic rings. The standard InChI is InChI=1S/C19H26N2O6/c1-12-10-21(11-13(2)26-12)20-18(23)7-6-15-8-16(24-4)19(27-14(3)22)17(9-15)25-5/h6-9,12-13H,10-11H2,1-5H3,(H,20,23)/b7-6+. The molecule has 1 fully saturated rings. The second-order valence-corrected chi connectivity index (χ2v) is 6.32. The van der Waals surface area contributed by atoms with Crippen molar-refractivity contribution in [3.05, 3.63) is 23.8 Å². The SMILES string of the molecule is COc1cc(/C=C/C(=O)NN2CC(C)OC(C)C2)cc(OC)c1OC(C)=O. The van der Waals surface area contributed by atoms with E-state index < -0.39 is 5.97 Å². The van der Waals surface area contributed by atoms with E-state index in [4.69, 9.17) is 18.9 Å². The van der Waals surface area contributed by atoms with Crippen LogP contribution in [0.25, 0.3) is 6.08 Å². The summed E-state index contributed by atoms with van der Waals surface area (Å²) < 4.78 is 21.3. The number of hydrazine groups is 1. The van der Waals surface area contributed by atoms with E-state index in [1.54, 1.807) is 18.2 Å². The third-order valence-corrected chi connectivity index (χ3v) is 3.84. The Balaban J connectivity index is 2.11. The fourth-order valence-electron chi connectivity index (χ4n) is 2.87. The topological polar surface area (TPSA) is 86.3 Å². The van der Waals surface area contributed by atoms with Crippen LogP contribution < -0.4 is 19.6 Å². The molecule has 1 heterocycles. The van der Waals surface area contributed by atoms with Crippen molar-refractivity contribution in [3.63, 3.8) is 0 Å². The maximum absolute atomic E-state index is 12.2. The van der Waals surface area contributed by atoms with Crippen molar-refractivity contribution in [2.45, 2.75) is 33.0 Å². The highest BCUT2D eigenvalue weighted by atomic mass is 16.6. The minimum Gasteiger partial charge on any atom is -0.493 e. The summed E-state index contributed by atoms with van der Waals surface area (Å²) in [7, 11) is 2.92. The summed E-state index contributed by atoms with van der Waals surface area (Å²) in [6.07, 6.45) is 3.16. The minimum atomic E-state index is -0.483. The van der Waals surface area contributed by atoms with Gasteiger partial charge in [-0.2, -0.15) is 0 Å². The lowest BCUT2D eigenvalue weighted by atomic mass is 10.1. The summed E-state index contributed by atoms with van der Waals surface area (Å²) in [5, 5.41) is 1.84. The highest BCUT2D eigenvalue weighted by molar-refractivity contribution is 5.91. The number of ether oxygens (including phenoxy) is 4. The zero-order valence-electron chi connectivity index (χ0n) is 16.3. The number of nitrogens with zero attached hydrogens (tertiary/aromatic N) is 1. The van der Waals surface area contributed by atoms with Crippen molar-refractivity contribution in [1.82, 2.24) is 10.4 Å². The van der Waals surface area contributed by atoms with Crippen LogP contribution in [0.3, 0.4) is 0 Å². The van der Waals surface area contributed by atoms with Crippen molar-refractivity contribution >= 4 is 18.0 Å². The van der Waals surface area contributed by atoms with Gasteiger partial charge in [-0.05, 0) is 37.6 Å². The lowest BCUT2D eigenvalue weighted by Gasteiger charge is -2.34. The number of carbonyl (C=O) groups is 2. The van der Waals surface area contributed by atoms with Crippen LogP contribution in [0.2, 0.25) is 0 Å². The number of hydrogen-bond donors (Lipinski definition) is 1. The van der Waals surface area contributed by atoms with Gasteiger partial charge in [0.05, 0.1) is 26.4 Å². The molecule has 1 saturated heterocycles. The molecule has 2 unspecified atom stereocenters. The summed E-state index contributed by atoms with van der Waals surface area (Å²) in [5.41, 5.74) is 3.51. The maximum Gasteiger partial charge on any atom is 0.308 e. The first-order valence-electron chi connectivity index (χ1n) is 8.66. The molecule has 1 aliphatic rings. The maximum atomic E-state index is 12.2. The Morgan fingerprint density at radius 3 is 2.19 bits per heavy atom. The first-order valence-corrected chi connectivity index (χ1v) is 8.66. The molecule has 0 bridgehead atoms. The smallest absolute Gasteiger partial charge is 0.308 e. The van der Waals surface area contributed by atoms with Gasteiger partial charge in [-0.3, -0.25) is 15.0 Å². The average Bonchev–Trinajstić information content (AvgIpc) is 2.59. The van der Waals surface area contributed by atoms with Crippen molar-refractivity contribution in [2.24, 2.45) is 0 Å². The lowest BCUT2D eigenvalue weighted by molar-refractivity contribution is -0.132. The monoisotopic (exact) mass is 378 g/mol. The molecule has 1 aliphatic heterocycles. The van der Waals surface area contributed by atoms with E-state index in [1.807, 2.05) is 18.9 Å². The lowest BCUT2D eigenvalue weighted by Crippen LogP contribution is -2.53. The van der Waals surface area contributed by atoms with Crippen molar-refractivity contribution in [1.29, 1.82) is 0 Å². The normalized spacial score (nSPS) is 20.3. The summed E-state index contributed by atoms with van der Waals surface area (Å²) in [6, 6.07) is 3.31. The minimum absolute atomic E-state index is 0.0559. The van der Waals surface area contributed by atoms with Gasteiger partial charge in [-0.1, -0.05) is 0 Å². The number of esters is 1. The molecule has 0 spiro atoms. The highest BCUT2D eigenvalue weighted by Gasteiger charge is 2.22. The first-order chi connectivity index (χ1) is 12.8. The zero-order chi connectivity index (χ0) is 20.0. The molecule has 1 N–H and O–H groups in total. The fraction of sp³-hybridized carbons (Fsp3) is 0.474. The fourth-order valence-corrected chi connectivity index (χ4v) is 2.87. The molecule has 0 saturated carbocycles. The van der Waals surface area contributed by atoms with Gasteiger partial charge in [-0.15, -0.1) is 0 Å². The third-order valence-electron chi connectivity index (χ3n) is 3.84. The van der Waals surface area contributed by atoms with E-state index in [1.165, 1.54) is 27.2 Å². The number of amides is 1. The van der Waals surface area contributed by atoms with Crippen LogP contribution in [0, 0.1) is 0 Å². The Labute approximate surface area is 159 Å². The summed E-state index contributed by atoms with van der Waals surface area (Å²) in [5.74, 6) is 0.132. The average molecular weight is 378 g/mol. The van der Waals surface area contributed by atoms with E-state index in [0.29, 0.717) is 30.2 Å². The van der Waals surface area contributed by atoms with Crippen LogP contribution in [0.15, 0.2) is 18.2 Å². The predicted octanol–water partition coefficient (Wildman–Crippen LogP) is 1.78. The summed E-state index contributed by atoms with van der Waals surface area (Å²) in [4.78, 5) is 23.5. The molecular formula is C19H26N2O6. The van der Waals surface area contributed by atoms with Gasteiger partial charge in [0.2, 0.25) is 5.75 Å². The third kappa shape index (κ3) is 5.97. The van der Waals surface area contributed by atoms with Crippen LogP contribution in [0.1, 0.15) is 26.3 Å². The molecule has 8 nitrogen and oxygen atoms in total.